The van der Waals surface area contributed by atoms with Crippen LogP contribution < -0.4 is 5.90 Å². The molecule has 0 aliphatic rings. The van der Waals surface area contributed by atoms with Crippen molar-refractivity contribution < 1.29 is 9.88 Å². The predicted molar refractivity (Wildman–Crippen MR) is 40.0 cm³/mol. The highest BCUT2D eigenvalue weighted by Crippen LogP contribution is 2.01. The molecule has 0 spiro atoms. The van der Waals surface area contributed by atoms with Crippen LogP contribution in [0.3, 0.4) is 0 Å². The average molecular weight is 147 g/mol. The van der Waals surface area contributed by atoms with E-state index in [1.54, 1.807) is 0 Å². The molecule has 0 aliphatic heterocycles. The zero-order valence-corrected chi connectivity index (χ0v) is 6.64. The number of hydrogen-bond acceptors (Lipinski definition) is 3. The van der Waals surface area contributed by atoms with E-state index in [1.807, 2.05) is 0 Å². The van der Waals surface area contributed by atoms with Gasteiger partial charge in [-0.1, -0.05) is 32.6 Å². The van der Waals surface area contributed by atoms with Gasteiger partial charge in [-0.2, -0.15) is 5.90 Å². The van der Waals surface area contributed by atoms with Gasteiger partial charge in [0.2, 0.25) is 0 Å². The summed E-state index contributed by atoms with van der Waals surface area (Å²) in [5, 5.41) is 0. The molecular formula is C7H17NO2. The summed E-state index contributed by atoms with van der Waals surface area (Å²) < 4.78 is 0. The van der Waals surface area contributed by atoms with E-state index in [2.05, 4.69) is 22.7 Å². The largest absolute Gasteiger partial charge is 0.218 e. The van der Waals surface area contributed by atoms with Gasteiger partial charge in [-0.05, 0) is 6.42 Å². The lowest BCUT2D eigenvalue weighted by Gasteiger charge is -1.98. The van der Waals surface area contributed by atoms with Crippen LogP contribution in [0.2, 0.25) is 0 Å². The fourth-order valence-electron chi connectivity index (χ4n) is 0.813. The quantitative estimate of drug-likeness (QED) is 0.339. The molecule has 0 amide bonds. The van der Waals surface area contributed by atoms with Gasteiger partial charge < -0.3 is 0 Å². The van der Waals surface area contributed by atoms with Crippen molar-refractivity contribution in [3.63, 3.8) is 0 Å². The summed E-state index contributed by atoms with van der Waals surface area (Å²) in [5.74, 6) is 4.65. The van der Waals surface area contributed by atoms with Crippen LogP contribution in [0, 0.1) is 0 Å². The molecular weight excluding hydrogens is 130 g/mol. The molecule has 10 heavy (non-hydrogen) atoms. The van der Waals surface area contributed by atoms with Crippen molar-refractivity contribution in [1.82, 2.24) is 0 Å². The molecule has 0 rings (SSSR count). The Morgan fingerprint density at radius 1 is 1.10 bits per heavy atom. The maximum atomic E-state index is 4.65. The summed E-state index contributed by atoms with van der Waals surface area (Å²) in [4.78, 5) is 8.44. The lowest BCUT2D eigenvalue weighted by molar-refractivity contribution is -0.299. The van der Waals surface area contributed by atoms with Gasteiger partial charge in [0.1, 0.15) is 0 Å². The van der Waals surface area contributed by atoms with E-state index >= 15 is 0 Å². The van der Waals surface area contributed by atoms with E-state index in [9.17, 15) is 0 Å². The van der Waals surface area contributed by atoms with Crippen LogP contribution in [0.5, 0.6) is 0 Å². The van der Waals surface area contributed by atoms with E-state index in [4.69, 9.17) is 0 Å². The van der Waals surface area contributed by atoms with E-state index in [0.717, 1.165) is 6.42 Å². The van der Waals surface area contributed by atoms with E-state index in [-0.39, 0.29) is 0 Å². The topological polar surface area (TPSA) is 44.5 Å². The van der Waals surface area contributed by atoms with Crippen molar-refractivity contribution in [3.8, 4) is 0 Å². The smallest absolute Gasteiger partial charge is 0.0842 e. The molecule has 0 atom stereocenters. The van der Waals surface area contributed by atoms with Crippen LogP contribution >= 0.6 is 0 Å². The molecule has 0 heterocycles. The summed E-state index contributed by atoms with van der Waals surface area (Å²) in [6, 6.07) is 0. The van der Waals surface area contributed by atoms with Crippen molar-refractivity contribution in [3.05, 3.63) is 0 Å². The van der Waals surface area contributed by atoms with Gasteiger partial charge in [-0.3, -0.25) is 0 Å². The van der Waals surface area contributed by atoms with Crippen molar-refractivity contribution >= 4 is 0 Å². The fraction of sp³-hybridized carbons (Fsp3) is 1.00. The lowest BCUT2D eigenvalue weighted by Crippen LogP contribution is -2.01. The van der Waals surface area contributed by atoms with Crippen molar-refractivity contribution in [2.75, 3.05) is 6.61 Å². The molecule has 0 radical (unpaired) electrons. The van der Waals surface area contributed by atoms with Gasteiger partial charge in [0, 0.05) is 0 Å². The van der Waals surface area contributed by atoms with Gasteiger partial charge in [-0.15, -0.1) is 4.99 Å². The first-order valence-corrected chi connectivity index (χ1v) is 3.90. The Kier molecular flexibility index (Phi) is 8.77. The first-order valence-electron chi connectivity index (χ1n) is 3.90. The van der Waals surface area contributed by atoms with Gasteiger partial charge in [-0.25, -0.2) is 4.89 Å². The SMILES string of the molecule is CCCCCCCOON. The van der Waals surface area contributed by atoms with E-state index < -0.39 is 0 Å². The Balaban J connectivity index is 2.65. The molecule has 0 aromatic carbocycles. The number of unbranched alkanes of at least 4 members (excludes halogenated alkanes) is 4. The lowest BCUT2D eigenvalue weighted by atomic mass is 10.2. The van der Waals surface area contributed by atoms with Crippen molar-refractivity contribution in [2.45, 2.75) is 39.0 Å². The zero-order chi connectivity index (χ0) is 7.66. The minimum absolute atomic E-state index is 0.611. The summed E-state index contributed by atoms with van der Waals surface area (Å²) in [7, 11) is 0. The number of nitrogens with two attached hydrogens (primary N) is 1. The maximum absolute atomic E-state index is 4.65. The summed E-state index contributed by atoms with van der Waals surface area (Å²) in [5.41, 5.74) is 0. The highest BCUT2D eigenvalue weighted by molar-refractivity contribution is 4.39. The predicted octanol–water partition coefficient (Wildman–Crippen LogP) is 1.78. The summed E-state index contributed by atoms with van der Waals surface area (Å²) >= 11 is 0. The standard InChI is InChI=1S/C7H17NO2/c1-2-3-4-5-6-7-9-10-8/h2-8H2,1H3. The minimum Gasteiger partial charge on any atom is -0.218 e. The molecule has 0 saturated heterocycles. The van der Waals surface area contributed by atoms with Crippen LogP contribution in [0.25, 0.3) is 0 Å². The molecule has 3 nitrogen and oxygen atoms in total. The Morgan fingerprint density at radius 3 is 2.40 bits per heavy atom. The van der Waals surface area contributed by atoms with Crippen molar-refractivity contribution in [1.29, 1.82) is 0 Å². The van der Waals surface area contributed by atoms with Crippen LogP contribution in [0.15, 0.2) is 0 Å². The first kappa shape index (κ1) is 9.88. The minimum atomic E-state index is 0.611. The third-order valence-electron chi connectivity index (χ3n) is 1.40. The Bertz CT molecular complexity index is 51.6. The normalized spacial score (nSPS) is 10.2. The van der Waals surface area contributed by atoms with Crippen molar-refractivity contribution in [2.24, 2.45) is 5.90 Å². The molecule has 3 heteroatoms. The average Bonchev–Trinajstić information content (AvgIpc) is 1.97. The molecule has 0 saturated carbocycles. The third-order valence-corrected chi connectivity index (χ3v) is 1.40. The molecule has 62 valence electrons. The maximum Gasteiger partial charge on any atom is 0.0842 e. The molecule has 0 fully saturated rings. The fourth-order valence-corrected chi connectivity index (χ4v) is 0.813. The van der Waals surface area contributed by atoms with Crippen LogP contribution in [0.4, 0.5) is 0 Å². The molecule has 0 aromatic rings. The first-order chi connectivity index (χ1) is 4.91. The van der Waals surface area contributed by atoms with Gasteiger partial charge in [0.25, 0.3) is 0 Å². The molecule has 0 aliphatic carbocycles. The molecule has 0 unspecified atom stereocenters. The number of rotatable bonds is 7. The van der Waals surface area contributed by atoms with E-state index in [1.165, 1.54) is 25.7 Å². The number of hydrogen-bond donors (Lipinski definition) is 1. The zero-order valence-electron chi connectivity index (χ0n) is 6.64. The van der Waals surface area contributed by atoms with Crippen LogP contribution in [0.1, 0.15) is 39.0 Å². The Hall–Kier alpha value is -0.120. The monoisotopic (exact) mass is 147 g/mol. The van der Waals surface area contributed by atoms with Gasteiger partial charge >= 0.3 is 0 Å². The third kappa shape index (κ3) is 7.88. The second-order valence-corrected chi connectivity index (χ2v) is 2.33. The van der Waals surface area contributed by atoms with Gasteiger partial charge in [0.05, 0.1) is 6.61 Å². The highest BCUT2D eigenvalue weighted by Gasteiger charge is 1.88. The molecule has 0 aromatic heterocycles. The Morgan fingerprint density at radius 2 is 1.80 bits per heavy atom. The Labute approximate surface area is 62.4 Å². The van der Waals surface area contributed by atoms with Crippen LogP contribution in [-0.4, -0.2) is 6.61 Å². The summed E-state index contributed by atoms with van der Waals surface area (Å²) in [6.45, 7) is 2.81. The highest BCUT2D eigenvalue weighted by atomic mass is 17.3. The van der Waals surface area contributed by atoms with E-state index in [0.29, 0.717) is 6.61 Å². The second-order valence-electron chi connectivity index (χ2n) is 2.33. The second kappa shape index (κ2) is 8.88. The molecule has 2 N–H and O–H groups in total. The van der Waals surface area contributed by atoms with Gasteiger partial charge in [0.15, 0.2) is 0 Å². The molecule has 0 bridgehead atoms. The van der Waals surface area contributed by atoms with Crippen LogP contribution in [-0.2, 0) is 9.88 Å². The summed E-state index contributed by atoms with van der Waals surface area (Å²) in [6.07, 6.45) is 6.11.